The molecule has 0 saturated carbocycles. The Kier molecular flexibility index (Phi) is 2.14. The molecule has 1 unspecified atom stereocenters. The zero-order valence-corrected chi connectivity index (χ0v) is 9.94. The maximum atomic E-state index is 6.27. The van der Waals surface area contributed by atoms with Gasteiger partial charge in [0.2, 0.25) is 0 Å². The number of amidine groups is 1. The normalized spacial score (nSPS) is 25.8. The number of hydrogen-bond donors (Lipinski definition) is 4. The van der Waals surface area contributed by atoms with Gasteiger partial charge in [0.15, 0.2) is 5.66 Å². The Labute approximate surface area is 104 Å². The molecule has 1 atom stereocenters. The first kappa shape index (κ1) is 10.8. The molecule has 0 fully saturated rings. The van der Waals surface area contributed by atoms with Gasteiger partial charge in [-0.25, -0.2) is 4.99 Å². The predicted octanol–water partition coefficient (Wildman–Crippen LogP) is 0.128. The molecule has 92 valence electrons. The molecule has 3 rings (SSSR count). The average molecular weight is 242 g/mol. The van der Waals surface area contributed by atoms with Crippen LogP contribution >= 0.6 is 0 Å². The number of allylic oxidation sites excluding steroid dienone is 2. The molecule has 1 aromatic rings. The van der Waals surface area contributed by atoms with Crippen LogP contribution in [0.3, 0.4) is 0 Å². The first-order chi connectivity index (χ1) is 8.58. The summed E-state index contributed by atoms with van der Waals surface area (Å²) in [6.45, 7) is 1.91. The lowest BCUT2D eigenvalue weighted by Crippen LogP contribution is -2.41. The van der Waals surface area contributed by atoms with Gasteiger partial charge in [0.25, 0.3) is 0 Å². The van der Waals surface area contributed by atoms with E-state index in [4.69, 9.17) is 11.5 Å². The van der Waals surface area contributed by atoms with Crippen molar-refractivity contribution in [3.05, 3.63) is 53.2 Å². The summed E-state index contributed by atoms with van der Waals surface area (Å²) in [7, 11) is 0. The van der Waals surface area contributed by atoms with Gasteiger partial charge in [-0.2, -0.15) is 5.10 Å². The Balaban J connectivity index is 2.10. The van der Waals surface area contributed by atoms with Crippen LogP contribution in [0.2, 0.25) is 0 Å². The standard InChI is InChI=1S/C12H14N6/c1-7-5-10(18-17-7)12(14)6-9-8(11(13)16-12)3-2-4-15-9/h2-6,15H,14H2,1H3,(H2,13,16)(H,17,18). The van der Waals surface area contributed by atoms with Crippen molar-refractivity contribution in [3.8, 4) is 0 Å². The lowest BCUT2D eigenvalue weighted by atomic mass is 9.97. The molecule has 6 nitrogen and oxygen atoms in total. The van der Waals surface area contributed by atoms with Gasteiger partial charge >= 0.3 is 0 Å². The molecule has 0 radical (unpaired) electrons. The third-order valence-corrected chi connectivity index (χ3v) is 2.95. The molecular formula is C12H14N6. The monoisotopic (exact) mass is 242 g/mol. The minimum atomic E-state index is -1.03. The fraction of sp³-hybridized carbons (Fsp3) is 0.167. The van der Waals surface area contributed by atoms with Crippen LogP contribution in [0.15, 0.2) is 46.8 Å². The maximum absolute atomic E-state index is 6.27. The predicted molar refractivity (Wildman–Crippen MR) is 69.3 cm³/mol. The molecule has 3 heterocycles. The average Bonchev–Trinajstić information content (AvgIpc) is 2.76. The lowest BCUT2D eigenvalue weighted by Gasteiger charge is -2.28. The van der Waals surface area contributed by atoms with Crippen LogP contribution < -0.4 is 16.8 Å². The molecular weight excluding hydrogens is 228 g/mol. The number of aryl methyl sites for hydroxylation is 1. The number of rotatable bonds is 1. The molecule has 6 heteroatoms. The van der Waals surface area contributed by atoms with Gasteiger partial charge in [-0.1, -0.05) is 0 Å². The van der Waals surface area contributed by atoms with Gasteiger partial charge in [-0.05, 0) is 31.2 Å². The molecule has 0 aliphatic carbocycles. The first-order valence-electron chi connectivity index (χ1n) is 5.62. The van der Waals surface area contributed by atoms with Gasteiger partial charge in [0, 0.05) is 23.2 Å². The van der Waals surface area contributed by atoms with Crippen molar-refractivity contribution in [2.75, 3.05) is 0 Å². The maximum Gasteiger partial charge on any atom is 0.176 e. The van der Waals surface area contributed by atoms with E-state index >= 15 is 0 Å². The van der Waals surface area contributed by atoms with Gasteiger partial charge in [0.05, 0.1) is 0 Å². The summed E-state index contributed by atoms with van der Waals surface area (Å²) < 4.78 is 0. The summed E-state index contributed by atoms with van der Waals surface area (Å²) >= 11 is 0. The number of aromatic amines is 1. The Bertz CT molecular complexity index is 618. The van der Waals surface area contributed by atoms with Crippen LogP contribution in [0.5, 0.6) is 0 Å². The van der Waals surface area contributed by atoms with E-state index in [1.165, 1.54) is 0 Å². The summed E-state index contributed by atoms with van der Waals surface area (Å²) in [5, 5.41) is 10.1. The highest BCUT2D eigenvalue weighted by Crippen LogP contribution is 2.29. The van der Waals surface area contributed by atoms with Crippen LogP contribution in [0.1, 0.15) is 11.4 Å². The molecule has 2 aliphatic heterocycles. The summed E-state index contributed by atoms with van der Waals surface area (Å²) in [5.41, 5.74) is 14.5. The van der Waals surface area contributed by atoms with E-state index < -0.39 is 5.66 Å². The summed E-state index contributed by atoms with van der Waals surface area (Å²) in [6, 6.07) is 1.86. The van der Waals surface area contributed by atoms with Crippen LogP contribution in [-0.4, -0.2) is 16.0 Å². The van der Waals surface area contributed by atoms with Crippen molar-refractivity contribution in [2.45, 2.75) is 12.6 Å². The van der Waals surface area contributed by atoms with Crippen molar-refractivity contribution in [1.29, 1.82) is 0 Å². The third-order valence-electron chi connectivity index (χ3n) is 2.95. The van der Waals surface area contributed by atoms with Crippen LogP contribution in [-0.2, 0) is 5.66 Å². The van der Waals surface area contributed by atoms with Crippen molar-refractivity contribution in [1.82, 2.24) is 15.5 Å². The SMILES string of the molecule is Cc1cc(C2(N)C=C3NC=CC=C3C(N)=N2)n[nH]1. The molecule has 2 aliphatic rings. The fourth-order valence-electron chi connectivity index (χ4n) is 2.06. The number of hydrogen-bond acceptors (Lipinski definition) is 5. The number of H-pyrrole nitrogens is 1. The van der Waals surface area contributed by atoms with E-state index in [2.05, 4.69) is 20.5 Å². The Hall–Kier alpha value is -2.34. The minimum absolute atomic E-state index is 0.410. The van der Waals surface area contributed by atoms with E-state index in [1.54, 1.807) is 0 Å². The van der Waals surface area contributed by atoms with Crippen molar-refractivity contribution in [3.63, 3.8) is 0 Å². The van der Waals surface area contributed by atoms with Gasteiger partial charge in [0.1, 0.15) is 11.5 Å². The molecule has 0 saturated heterocycles. The highest BCUT2D eigenvalue weighted by Gasteiger charge is 2.33. The quantitative estimate of drug-likeness (QED) is 0.561. The highest BCUT2D eigenvalue weighted by atomic mass is 15.2. The number of aromatic nitrogens is 2. The fourth-order valence-corrected chi connectivity index (χ4v) is 2.06. The number of fused-ring (bicyclic) bond motifs is 1. The first-order valence-corrected chi connectivity index (χ1v) is 5.62. The van der Waals surface area contributed by atoms with Crippen LogP contribution in [0.25, 0.3) is 0 Å². The molecule has 0 spiro atoms. The molecule has 6 N–H and O–H groups in total. The summed E-state index contributed by atoms with van der Waals surface area (Å²) in [5.74, 6) is 0.410. The summed E-state index contributed by atoms with van der Waals surface area (Å²) in [4.78, 5) is 4.35. The van der Waals surface area contributed by atoms with E-state index in [1.807, 2.05) is 37.4 Å². The van der Waals surface area contributed by atoms with Crippen molar-refractivity contribution in [2.24, 2.45) is 16.5 Å². The van der Waals surface area contributed by atoms with Crippen molar-refractivity contribution < 1.29 is 0 Å². The van der Waals surface area contributed by atoms with Crippen LogP contribution in [0.4, 0.5) is 0 Å². The van der Waals surface area contributed by atoms with Crippen molar-refractivity contribution >= 4 is 5.84 Å². The molecule has 0 bridgehead atoms. The van der Waals surface area contributed by atoms with E-state index in [0.717, 1.165) is 17.0 Å². The molecule has 0 amide bonds. The third kappa shape index (κ3) is 1.54. The largest absolute Gasteiger partial charge is 0.383 e. The number of aliphatic imine (C=N–C) groups is 1. The number of dihydropyridines is 2. The van der Waals surface area contributed by atoms with Gasteiger partial charge in [-0.15, -0.1) is 0 Å². The highest BCUT2D eigenvalue weighted by molar-refractivity contribution is 6.02. The van der Waals surface area contributed by atoms with Crippen LogP contribution in [0, 0.1) is 6.92 Å². The Morgan fingerprint density at radius 2 is 2.22 bits per heavy atom. The molecule has 18 heavy (non-hydrogen) atoms. The second kappa shape index (κ2) is 3.58. The zero-order chi connectivity index (χ0) is 12.8. The smallest absolute Gasteiger partial charge is 0.176 e. The van der Waals surface area contributed by atoms with Gasteiger partial charge < -0.3 is 11.1 Å². The summed E-state index contributed by atoms with van der Waals surface area (Å²) in [6.07, 6.45) is 7.42. The van der Waals surface area contributed by atoms with E-state index in [9.17, 15) is 0 Å². The van der Waals surface area contributed by atoms with Gasteiger partial charge in [-0.3, -0.25) is 10.8 Å². The second-order valence-electron chi connectivity index (χ2n) is 4.40. The Morgan fingerprint density at radius 3 is 2.94 bits per heavy atom. The van der Waals surface area contributed by atoms with E-state index in [0.29, 0.717) is 11.5 Å². The molecule has 0 aromatic carbocycles. The Morgan fingerprint density at radius 1 is 1.39 bits per heavy atom. The minimum Gasteiger partial charge on any atom is -0.383 e. The number of nitrogens with one attached hydrogen (secondary N) is 2. The number of nitrogens with zero attached hydrogens (tertiary/aromatic N) is 2. The number of nitrogens with two attached hydrogens (primary N) is 2. The molecule has 1 aromatic heterocycles. The topological polar surface area (TPSA) is 105 Å². The lowest BCUT2D eigenvalue weighted by molar-refractivity contribution is 0.561. The zero-order valence-electron chi connectivity index (χ0n) is 9.94. The second-order valence-corrected chi connectivity index (χ2v) is 4.40. The van der Waals surface area contributed by atoms with E-state index in [-0.39, 0.29) is 0 Å².